The van der Waals surface area contributed by atoms with Gasteiger partial charge < -0.3 is 15.8 Å². The van der Waals surface area contributed by atoms with Crippen molar-refractivity contribution in [2.24, 2.45) is 17.1 Å². The summed E-state index contributed by atoms with van der Waals surface area (Å²) in [5, 5.41) is 2.99. The molecule has 4 nitrogen and oxygen atoms in total. The van der Waals surface area contributed by atoms with Crippen LogP contribution in [0.2, 0.25) is 0 Å². The second-order valence-corrected chi connectivity index (χ2v) is 6.12. The summed E-state index contributed by atoms with van der Waals surface area (Å²) in [4.78, 5) is 12.2. The summed E-state index contributed by atoms with van der Waals surface area (Å²) in [6.45, 7) is 7.91. The summed E-state index contributed by atoms with van der Waals surface area (Å²) in [5.74, 6) is 0.721. The van der Waals surface area contributed by atoms with E-state index in [1.54, 1.807) is 0 Å². The lowest BCUT2D eigenvalue weighted by Crippen LogP contribution is -2.46. The Bertz CT molecular complexity index is 288. The van der Waals surface area contributed by atoms with Crippen molar-refractivity contribution < 1.29 is 9.53 Å². The average molecular weight is 321 g/mol. The van der Waals surface area contributed by atoms with Gasteiger partial charge in [-0.3, -0.25) is 4.79 Å². The lowest BCUT2D eigenvalue weighted by Gasteiger charge is -2.30. The Labute approximate surface area is 136 Å². The lowest BCUT2D eigenvalue weighted by atomic mass is 9.81. The van der Waals surface area contributed by atoms with Crippen LogP contribution in [-0.4, -0.2) is 31.7 Å². The number of amides is 1. The second-order valence-electron chi connectivity index (χ2n) is 6.12. The van der Waals surface area contributed by atoms with Crippen molar-refractivity contribution in [2.75, 3.05) is 19.7 Å². The summed E-state index contributed by atoms with van der Waals surface area (Å²) < 4.78 is 5.91. The van der Waals surface area contributed by atoms with Crippen LogP contribution in [0.4, 0.5) is 0 Å². The van der Waals surface area contributed by atoms with Gasteiger partial charge in [0.25, 0.3) is 0 Å². The van der Waals surface area contributed by atoms with E-state index in [0.717, 1.165) is 19.3 Å². The van der Waals surface area contributed by atoms with Crippen molar-refractivity contribution in [3.8, 4) is 0 Å². The maximum atomic E-state index is 12.2. The van der Waals surface area contributed by atoms with E-state index in [1.807, 2.05) is 13.8 Å². The Balaban J connectivity index is 0.00000400. The van der Waals surface area contributed by atoms with E-state index in [4.69, 9.17) is 10.5 Å². The quantitative estimate of drug-likeness (QED) is 0.676. The number of ether oxygens (including phenoxy) is 1. The first kappa shape index (κ1) is 20.7. The number of hydrogen-bond acceptors (Lipinski definition) is 3. The molecule has 3 N–H and O–H groups in total. The molecule has 2 unspecified atom stereocenters. The first-order valence-corrected chi connectivity index (χ1v) is 8.19. The molecule has 1 aliphatic carbocycles. The molecule has 0 aromatic carbocycles. The van der Waals surface area contributed by atoms with Crippen LogP contribution in [-0.2, 0) is 9.53 Å². The van der Waals surface area contributed by atoms with Gasteiger partial charge in [0.2, 0.25) is 5.91 Å². The third-order valence-corrected chi connectivity index (χ3v) is 4.98. The van der Waals surface area contributed by atoms with E-state index >= 15 is 0 Å². The largest absolute Gasteiger partial charge is 0.376 e. The molecule has 0 aromatic rings. The molecule has 1 saturated carbocycles. The molecular weight excluding hydrogens is 288 g/mol. The van der Waals surface area contributed by atoms with Gasteiger partial charge in [0.05, 0.1) is 18.1 Å². The molecule has 0 bridgehead atoms. The molecular formula is C16H33ClN2O2. The van der Waals surface area contributed by atoms with Gasteiger partial charge >= 0.3 is 0 Å². The second kappa shape index (κ2) is 10.4. The number of carbonyl (C=O) groups is 1. The Kier molecular flexibility index (Phi) is 10.3. The summed E-state index contributed by atoms with van der Waals surface area (Å²) in [6.07, 6.45) is 6.95. The number of hydrogen-bond donors (Lipinski definition) is 2. The van der Waals surface area contributed by atoms with Crippen LogP contribution >= 0.6 is 12.4 Å². The van der Waals surface area contributed by atoms with Gasteiger partial charge in [0.15, 0.2) is 0 Å². The van der Waals surface area contributed by atoms with Crippen molar-refractivity contribution >= 4 is 18.3 Å². The smallest absolute Gasteiger partial charge is 0.227 e. The maximum absolute atomic E-state index is 12.2. The van der Waals surface area contributed by atoms with E-state index in [0.29, 0.717) is 31.7 Å². The Morgan fingerprint density at radius 3 is 2.43 bits per heavy atom. The van der Waals surface area contributed by atoms with Crippen molar-refractivity contribution in [1.82, 2.24) is 5.32 Å². The fourth-order valence-corrected chi connectivity index (χ4v) is 3.04. The van der Waals surface area contributed by atoms with Crippen LogP contribution in [0.5, 0.6) is 0 Å². The van der Waals surface area contributed by atoms with Gasteiger partial charge in [0.1, 0.15) is 0 Å². The molecule has 0 aromatic heterocycles. The monoisotopic (exact) mass is 320 g/mol. The van der Waals surface area contributed by atoms with Gasteiger partial charge in [-0.2, -0.15) is 0 Å². The van der Waals surface area contributed by atoms with Gasteiger partial charge in [-0.15, -0.1) is 12.4 Å². The molecule has 21 heavy (non-hydrogen) atoms. The minimum Gasteiger partial charge on any atom is -0.376 e. The first-order chi connectivity index (χ1) is 9.59. The molecule has 0 spiro atoms. The zero-order chi connectivity index (χ0) is 15.0. The van der Waals surface area contributed by atoms with E-state index in [-0.39, 0.29) is 18.3 Å². The highest BCUT2D eigenvalue weighted by molar-refractivity contribution is 5.85. The lowest BCUT2D eigenvalue weighted by molar-refractivity contribution is -0.131. The number of nitrogens with one attached hydrogen (secondary N) is 1. The predicted octanol–water partition coefficient (Wildman–Crippen LogP) is 2.88. The molecule has 0 radical (unpaired) electrons. The average Bonchev–Trinajstić information content (AvgIpc) is 2.48. The third kappa shape index (κ3) is 5.76. The normalized spacial score (nSPS) is 22.5. The minimum absolute atomic E-state index is 0. The summed E-state index contributed by atoms with van der Waals surface area (Å²) in [5.41, 5.74) is 5.37. The topological polar surface area (TPSA) is 64.4 Å². The number of halogens is 1. The standard InChI is InChI=1S/C16H32N2O2.ClH/c1-4-16(5-2,12-17)15(19)18-10-11-20-14-9-7-6-8-13(14)3;/h13-14H,4-12,17H2,1-3H3,(H,18,19);1H. The summed E-state index contributed by atoms with van der Waals surface area (Å²) in [7, 11) is 0. The first-order valence-electron chi connectivity index (χ1n) is 8.19. The van der Waals surface area contributed by atoms with Crippen molar-refractivity contribution in [3.63, 3.8) is 0 Å². The van der Waals surface area contributed by atoms with Crippen molar-refractivity contribution in [3.05, 3.63) is 0 Å². The van der Waals surface area contributed by atoms with Gasteiger partial charge in [-0.1, -0.05) is 33.6 Å². The van der Waals surface area contributed by atoms with Gasteiger partial charge in [-0.05, 0) is 31.6 Å². The highest BCUT2D eigenvalue weighted by Gasteiger charge is 2.32. The molecule has 1 rings (SSSR count). The molecule has 1 fully saturated rings. The molecule has 0 saturated heterocycles. The highest BCUT2D eigenvalue weighted by atomic mass is 35.5. The van der Waals surface area contributed by atoms with Crippen LogP contribution in [0.1, 0.15) is 59.3 Å². The number of nitrogens with two attached hydrogens (primary N) is 1. The highest BCUT2D eigenvalue weighted by Crippen LogP contribution is 2.26. The summed E-state index contributed by atoms with van der Waals surface area (Å²) in [6, 6.07) is 0. The van der Waals surface area contributed by atoms with Crippen LogP contribution in [0.3, 0.4) is 0 Å². The minimum atomic E-state index is -0.405. The van der Waals surface area contributed by atoms with Gasteiger partial charge in [0, 0.05) is 13.1 Å². The molecule has 126 valence electrons. The Hall–Kier alpha value is -0.320. The van der Waals surface area contributed by atoms with Crippen molar-refractivity contribution in [1.29, 1.82) is 0 Å². The van der Waals surface area contributed by atoms with Crippen LogP contribution in [0.25, 0.3) is 0 Å². The predicted molar refractivity (Wildman–Crippen MR) is 89.7 cm³/mol. The molecule has 0 aliphatic heterocycles. The van der Waals surface area contributed by atoms with Crippen LogP contribution in [0.15, 0.2) is 0 Å². The molecule has 1 aliphatic rings. The molecule has 1 amide bonds. The molecule has 5 heteroatoms. The maximum Gasteiger partial charge on any atom is 0.227 e. The molecule has 0 heterocycles. The fraction of sp³-hybridized carbons (Fsp3) is 0.938. The van der Waals surface area contributed by atoms with E-state index in [9.17, 15) is 4.79 Å². The van der Waals surface area contributed by atoms with Crippen LogP contribution < -0.4 is 11.1 Å². The number of rotatable bonds is 8. The SMILES string of the molecule is CCC(CC)(CN)C(=O)NCCOC1CCCCC1C.Cl. The Morgan fingerprint density at radius 1 is 1.29 bits per heavy atom. The van der Waals surface area contributed by atoms with E-state index in [2.05, 4.69) is 12.2 Å². The summed E-state index contributed by atoms with van der Waals surface area (Å²) >= 11 is 0. The fourth-order valence-electron chi connectivity index (χ4n) is 3.04. The zero-order valence-electron chi connectivity index (χ0n) is 13.8. The third-order valence-electron chi connectivity index (χ3n) is 4.98. The van der Waals surface area contributed by atoms with Crippen molar-refractivity contribution in [2.45, 2.75) is 65.4 Å². The van der Waals surface area contributed by atoms with E-state index < -0.39 is 5.41 Å². The number of carbonyl (C=O) groups excluding carboxylic acids is 1. The van der Waals surface area contributed by atoms with Crippen LogP contribution in [0, 0.1) is 11.3 Å². The zero-order valence-corrected chi connectivity index (χ0v) is 14.6. The molecule has 2 atom stereocenters. The van der Waals surface area contributed by atoms with Gasteiger partial charge in [-0.25, -0.2) is 0 Å². The Morgan fingerprint density at radius 2 is 1.90 bits per heavy atom. The van der Waals surface area contributed by atoms with E-state index in [1.165, 1.54) is 19.3 Å².